The van der Waals surface area contributed by atoms with Gasteiger partial charge in [0.2, 0.25) is 11.8 Å². The molecule has 134 valence electrons. The van der Waals surface area contributed by atoms with Crippen LogP contribution in [0, 0.1) is 0 Å². The maximum atomic E-state index is 12.6. The molecular formula is C19H19ClN4O2. The summed E-state index contributed by atoms with van der Waals surface area (Å²) in [6.45, 7) is 1.02. The van der Waals surface area contributed by atoms with Crippen LogP contribution in [0.1, 0.15) is 36.1 Å². The summed E-state index contributed by atoms with van der Waals surface area (Å²) in [5.74, 6) is 1.46. The smallest absolute Gasteiger partial charge is 0.243 e. The molecule has 2 aromatic heterocycles. The molecule has 3 aromatic rings. The molecule has 1 saturated heterocycles. The summed E-state index contributed by atoms with van der Waals surface area (Å²) in [4.78, 5) is 22.9. The number of likely N-dealkylation sites (tertiary alicyclic amines) is 1. The van der Waals surface area contributed by atoms with E-state index in [0.717, 1.165) is 30.7 Å². The number of rotatable bonds is 5. The van der Waals surface area contributed by atoms with Crippen LogP contribution in [0.15, 0.2) is 53.6 Å². The van der Waals surface area contributed by atoms with Gasteiger partial charge in [-0.05, 0) is 30.5 Å². The van der Waals surface area contributed by atoms with Crippen molar-refractivity contribution in [3.63, 3.8) is 0 Å². The zero-order chi connectivity index (χ0) is 17.9. The van der Waals surface area contributed by atoms with Crippen molar-refractivity contribution in [2.45, 2.75) is 31.8 Å². The predicted octanol–water partition coefficient (Wildman–Crippen LogP) is 3.48. The minimum atomic E-state index is -0.0926. The van der Waals surface area contributed by atoms with Crippen LogP contribution in [0.25, 0.3) is 0 Å². The number of aromatic nitrogens is 3. The lowest BCUT2D eigenvalue weighted by atomic mass is 10.1. The van der Waals surface area contributed by atoms with Crippen molar-refractivity contribution in [2.24, 2.45) is 0 Å². The zero-order valence-electron chi connectivity index (χ0n) is 14.2. The maximum Gasteiger partial charge on any atom is 0.243 e. The second kappa shape index (κ2) is 7.33. The summed E-state index contributed by atoms with van der Waals surface area (Å²) in [7, 11) is 0. The summed E-state index contributed by atoms with van der Waals surface area (Å²) in [5, 5.41) is 0.713. The Hall–Kier alpha value is -2.60. The van der Waals surface area contributed by atoms with Gasteiger partial charge in [-0.2, -0.15) is 0 Å². The van der Waals surface area contributed by atoms with Crippen LogP contribution in [0.4, 0.5) is 0 Å². The molecule has 1 aromatic carbocycles. The molecule has 26 heavy (non-hydrogen) atoms. The first-order valence-electron chi connectivity index (χ1n) is 8.63. The van der Waals surface area contributed by atoms with Crippen LogP contribution in [0.2, 0.25) is 5.02 Å². The molecule has 6 nitrogen and oxygen atoms in total. The molecule has 1 fully saturated rings. The van der Waals surface area contributed by atoms with Gasteiger partial charge in [-0.1, -0.05) is 23.7 Å². The first-order chi connectivity index (χ1) is 12.7. The number of halogens is 1. The van der Waals surface area contributed by atoms with Crippen molar-refractivity contribution in [1.82, 2.24) is 19.4 Å². The summed E-state index contributed by atoms with van der Waals surface area (Å²) < 4.78 is 7.74. The fraction of sp³-hybridized carbons (Fsp3) is 0.316. The minimum absolute atomic E-state index is 0.0583. The number of hydrogen-bond acceptors (Lipinski definition) is 4. The van der Waals surface area contributed by atoms with E-state index in [-0.39, 0.29) is 18.5 Å². The third-order valence-electron chi connectivity index (χ3n) is 4.60. The first kappa shape index (κ1) is 16.8. The average Bonchev–Trinajstić information content (AvgIpc) is 3.37. The number of carbonyl (C=O) groups excluding carboxylic acids is 1. The van der Waals surface area contributed by atoms with E-state index in [0.29, 0.717) is 17.3 Å². The van der Waals surface area contributed by atoms with Crippen LogP contribution in [-0.2, 0) is 17.8 Å². The molecule has 3 heterocycles. The molecule has 0 radical (unpaired) electrons. The highest BCUT2D eigenvalue weighted by atomic mass is 35.5. The summed E-state index contributed by atoms with van der Waals surface area (Å²) in [5.41, 5.74) is 1.11. The molecule has 7 heteroatoms. The van der Waals surface area contributed by atoms with E-state index >= 15 is 0 Å². The van der Waals surface area contributed by atoms with E-state index < -0.39 is 0 Å². The van der Waals surface area contributed by atoms with Crippen molar-refractivity contribution >= 4 is 17.5 Å². The second-order valence-corrected chi connectivity index (χ2v) is 6.88. The second-order valence-electron chi connectivity index (χ2n) is 6.45. The molecule has 1 aliphatic rings. The van der Waals surface area contributed by atoms with Gasteiger partial charge in [0.25, 0.3) is 0 Å². The van der Waals surface area contributed by atoms with Gasteiger partial charge in [0.1, 0.15) is 18.3 Å². The number of oxazole rings is 1. The van der Waals surface area contributed by atoms with Crippen LogP contribution >= 0.6 is 11.6 Å². The van der Waals surface area contributed by atoms with Crippen LogP contribution < -0.4 is 0 Å². The highest BCUT2D eigenvalue weighted by Gasteiger charge is 2.33. The number of hydrogen-bond donors (Lipinski definition) is 0. The summed E-state index contributed by atoms with van der Waals surface area (Å²) in [6, 6.07) is 7.58. The Morgan fingerprint density at radius 3 is 2.92 bits per heavy atom. The fourth-order valence-electron chi connectivity index (χ4n) is 3.31. The normalized spacial score (nSPS) is 17.0. The SMILES string of the molecule is O=C(Cn1ccnc1)N1CCC[C@H]1c1ncc(Cc2ccc(Cl)cc2)o1. The standard InChI is InChI=1S/C19H19ClN4O2/c20-15-5-3-14(4-6-15)10-16-11-22-19(26-16)17-2-1-8-24(17)18(25)12-23-9-7-21-13-23/h3-7,9,11,13,17H,1-2,8,10,12H2/t17-/m0/s1. The third kappa shape index (κ3) is 3.65. The molecule has 0 bridgehead atoms. The molecule has 0 spiro atoms. The van der Waals surface area contributed by atoms with Crippen molar-refractivity contribution in [2.75, 3.05) is 6.54 Å². The van der Waals surface area contributed by atoms with Gasteiger partial charge in [0.15, 0.2) is 0 Å². The van der Waals surface area contributed by atoms with E-state index in [2.05, 4.69) is 9.97 Å². The van der Waals surface area contributed by atoms with E-state index in [1.165, 1.54) is 0 Å². The van der Waals surface area contributed by atoms with Gasteiger partial charge in [-0.25, -0.2) is 9.97 Å². The molecule has 0 saturated carbocycles. The van der Waals surface area contributed by atoms with Gasteiger partial charge in [-0.15, -0.1) is 0 Å². The Bertz CT molecular complexity index is 873. The fourth-order valence-corrected chi connectivity index (χ4v) is 3.44. The van der Waals surface area contributed by atoms with Crippen molar-refractivity contribution < 1.29 is 9.21 Å². The van der Waals surface area contributed by atoms with Crippen LogP contribution in [-0.4, -0.2) is 31.9 Å². The molecule has 0 aliphatic carbocycles. The Morgan fingerprint density at radius 1 is 1.31 bits per heavy atom. The largest absolute Gasteiger partial charge is 0.443 e. The number of nitrogens with zero attached hydrogens (tertiary/aromatic N) is 4. The predicted molar refractivity (Wildman–Crippen MR) is 96.7 cm³/mol. The van der Waals surface area contributed by atoms with E-state index in [1.807, 2.05) is 29.2 Å². The molecule has 0 N–H and O–H groups in total. The lowest BCUT2D eigenvalue weighted by molar-refractivity contribution is -0.133. The topological polar surface area (TPSA) is 64.2 Å². The molecule has 1 amide bonds. The average molecular weight is 371 g/mol. The Balaban J connectivity index is 1.45. The van der Waals surface area contributed by atoms with E-state index in [1.54, 1.807) is 29.5 Å². The van der Waals surface area contributed by atoms with Crippen LogP contribution in [0.5, 0.6) is 0 Å². The van der Waals surface area contributed by atoms with E-state index in [9.17, 15) is 4.79 Å². The first-order valence-corrected chi connectivity index (χ1v) is 9.01. The molecule has 1 atom stereocenters. The number of amides is 1. The lowest BCUT2D eigenvalue weighted by Crippen LogP contribution is -2.33. The lowest BCUT2D eigenvalue weighted by Gasteiger charge is -2.22. The molecule has 0 unspecified atom stereocenters. The van der Waals surface area contributed by atoms with Gasteiger partial charge in [0.05, 0.1) is 12.5 Å². The van der Waals surface area contributed by atoms with Gasteiger partial charge in [-0.3, -0.25) is 4.79 Å². The Kier molecular flexibility index (Phi) is 4.75. The molecule has 1 aliphatic heterocycles. The number of carbonyl (C=O) groups is 1. The van der Waals surface area contributed by atoms with Crippen molar-refractivity contribution in [3.8, 4) is 0 Å². The van der Waals surface area contributed by atoms with Gasteiger partial charge in [0, 0.05) is 30.4 Å². The highest BCUT2D eigenvalue weighted by Crippen LogP contribution is 2.32. The summed E-state index contributed by atoms with van der Waals surface area (Å²) in [6.07, 6.45) is 9.34. The van der Waals surface area contributed by atoms with Gasteiger partial charge >= 0.3 is 0 Å². The maximum absolute atomic E-state index is 12.6. The monoisotopic (exact) mass is 370 g/mol. The minimum Gasteiger partial charge on any atom is -0.443 e. The number of imidazole rings is 1. The Labute approximate surface area is 156 Å². The summed E-state index contributed by atoms with van der Waals surface area (Å²) >= 11 is 5.92. The quantitative estimate of drug-likeness (QED) is 0.689. The Morgan fingerprint density at radius 2 is 2.15 bits per heavy atom. The molecule has 4 rings (SSSR count). The third-order valence-corrected chi connectivity index (χ3v) is 4.85. The van der Waals surface area contributed by atoms with Gasteiger partial charge < -0.3 is 13.9 Å². The number of benzene rings is 1. The van der Waals surface area contributed by atoms with E-state index in [4.69, 9.17) is 16.0 Å². The van der Waals surface area contributed by atoms with Crippen molar-refractivity contribution in [1.29, 1.82) is 0 Å². The highest BCUT2D eigenvalue weighted by molar-refractivity contribution is 6.30. The van der Waals surface area contributed by atoms with Crippen molar-refractivity contribution in [3.05, 3.63) is 71.4 Å². The van der Waals surface area contributed by atoms with Crippen LogP contribution in [0.3, 0.4) is 0 Å². The molecular weight excluding hydrogens is 352 g/mol. The zero-order valence-corrected chi connectivity index (χ0v) is 15.0.